The quantitative estimate of drug-likeness (QED) is 0.405. The second kappa shape index (κ2) is 8.05. The molecule has 0 saturated carbocycles. The average molecular weight is 389 g/mol. The normalized spacial score (nSPS) is 13.9. The van der Waals surface area contributed by atoms with Crippen molar-refractivity contribution in [2.75, 3.05) is 23.3 Å². The second-order valence-electron chi connectivity index (χ2n) is 6.75. The fourth-order valence-electron chi connectivity index (χ4n) is 3.30. The summed E-state index contributed by atoms with van der Waals surface area (Å²) in [5.74, 6) is 0.708. The summed E-state index contributed by atoms with van der Waals surface area (Å²) in [5.41, 5.74) is 2.02. The number of aromatic nitrogens is 2. The number of amides is 1. The van der Waals surface area contributed by atoms with Crippen LogP contribution in [0.25, 0.3) is 17.1 Å². The summed E-state index contributed by atoms with van der Waals surface area (Å²) in [6.45, 7) is 1.75. The molecule has 0 radical (unpaired) electrons. The molecule has 0 atom stereocenters. The first-order valence-corrected chi connectivity index (χ1v) is 9.35. The van der Waals surface area contributed by atoms with Crippen molar-refractivity contribution in [3.8, 4) is 0 Å². The number of nitro groups is 1. The number of anilines is 2. The molecule has 4 rings (SSSR count). The van der Waals surface area contributed by atoms with E-state index in [0.29, 0.717) is 22.7 Å². The molecule has 0 aliphatic carbocycles. The standard InChI is InChI=1S/C21H19N5O3/c27-19(11-10-15-6-5-7-16(14-15)26(28)29)24-20-21(25-12-3-4-13-25)23-18-9-2-1-8-17(18)22-20/h1-2,5-11,14H,3-4,12-13H2,(H,22,24,27)/b11-10+. The van der Waals surface area contributed by atoms with Crippen molar-refractivity contribution < 1.29 is 9.72 Å². The van der Waals surface area contributed by atoms with E-state index in [-0.39, 0.29) is 11.6 Å². The Labute approximate surface area is 167 Å². The molecule has 1 aromatic heterocycles. The highest BCUT2D eigenvalue weighted by Gasteiger charge is 2.20. The summed E-state index contributed by atoms with van der Waals surface area (Å²) in [5, 5.41) is 13.7. The Balaban J connectivity index is 1.59. The van der Waals surface area contributed by atoms with E-state index < -0.39 is 4.92 Å². The lowest BCUT2D eigenvalue weighted by Gasteiger charge is -2.19. The van der Waals surface area contributed by atoms with Gasteiger partial charge in [0.25, 0.3) is 5.69 Å². The number of rotatable bonds is 5. The van der Waals surface area contributed by atoms with Gasteiger partial charge in [-0.2, -0.15) is 0 Å². The lowest BCUT2D eigenvalue weighted by Crippen LogP contribution is -2.22. The van der Waals surface area contributed by atoms with Crippen LogP contribution in [0.2, 0.25) is 0 Å². The number of fused-ring (bicyclic) bond motifs is 1. The monoisotopic (exact) mass is 389 g/mol. The highest BCUT2D eigenvalue weighted by molar-refractivity contribution is 6.03. The molecule has 8 heteroatoms. The van der Waals surface area contributed by atoms with Gasteiger partial charge in [0, 0.05) is 31.3 Å². The van der Waals surface area contributed by atoms with Crippen LogP contribution in [0.1, 0.15) is 18.4 Å². The average Bonchev–Trinajstić information content (AvgIpc) is 3.26. The maximum absolute atomic E-state index is 12.5. The van der Waals surface area contributed by atoms with Gasteiger partial charge in [0.2, 0.25) is 5.91 Å². The van der Waals surface area contributed by atoms with E-state index in [0.717, 1.165) is 31.4 Å². The largest absolute Gasteiger partial charge is 0.354 e. The van der Waals surface area contributed by atoms with Gasteiger partial charge in [-0.3, -0.25) is 14.9 Å². The predicted octanol–water partition coefficient (Wildman–Crippen LogP) is 3.79. The van der Waals surface area contributed by atoms with Crippen molar-refractivity contribution in [3.63, 3.8) is 0 Å². The van der Waals surface area contributed by atoms with Crippen LogP contribution < -0.4 is 10.2 Å². The SMILES string of the molecule is O=C(/C=C/c1cccc([N+](=O)[O-])c1)Nc1nc2ccccc2nc1N1CCCC1. The fourth-order valence-corrected chi connectivity index (χ4v) is 3.30. The molecule has 2 heterocycles. The van der Waals surface area contributed by atoms with Gasteiger partial charge in [-0.1, -0.05) is 24.3 Å². The summed E-state index contributed by atoms with van der Waals surface area (Å²) in [7, 11) is 0. The molecule has 146 valence electrons. The van der Waals surface area contributed by atoms with Gasteiger partial charge in [0.15, 0.2) is 11.6 Å². The number of hydrogen-bond donors (Lipinski definition) is 1. The Hall–Kier alpha value is -3.81. The molecule has 2 aromatic carbocycles. The molecule has 1 amide bonds. The van der Waals surface area contributed by atoms with Crippen LogP contribution in [0.4, 0.5) is 17.3 Å². The topological polar surface area (TPSA) is 101 Å². The van der Waals surface area contributed by atoms with E-state index in [1.807, 2.05) is 24.3 Å². The third-order valence-electron chi connectivity index (χ3n) is 4.71. The zero-order chi connectivity index (χ0) is 20.2. The van der Waals surface area contributed by atoms with Crippen molar-refractivity contribution in [2.24, 2.45) is 0 Å². The van der Waals surface area contributed by atoms with Gasteiger partial charge >= 0.3 is 0 Å². The summed E-state index contributed by atoms with van der Waals surface area (Å²) in [6, 6.07) is 13.6. The molecule has 3 aromatic rings. The summed E-state index contributed by atoms with van der Waals surface area (Å²) < 4.78 is 0. The number of hydrogen-bond acceptors (Lipinski definition) is 6. The smallest absolute Gasteiger partial charge is 0.270 e. The lowest BCUT2D eigenvalue weighted by atomic mass is 10.2. The molecule has 1 aliphatic rings. The first-order valence-electron chi connectivity index (χ1n) is 9.35. The fraction of sp³-hybridized carbons (Fsp3) is 0.190. The first kappa shape index (κ1) is 18.5. The molecule has 1 N–H and O–H groups in total. The highest BCUT2D eigenvalue weighted by Crippen LogP contribution is 2.27. The van der Waals surface area contributed by atoms with E-state index in [4.69, 9.17) is 4.98 Å². The first-order chi connectivity index (χ1) is 14.1. The molecule has 29 heavy (non-hydrogen) atoms. The lowest BCUT2D eigenvalue weighted by molar-refractivity contribution is -0.384. The van der Waals surface area contributed by atoms with Gasteiger partial charge in [-0.05, 0) is 36.6 Å². The Morgan fingerprint density at radius 1 is 1.07 bits per heavy atom. The van der Waals surface area contributed by atoms with Crippen LogP contribution >= 0.6 is 0 Å². The molecular formula is C21H19N5O3. The number of nitrogens with zero attached hydrogens (tertiary/aromatic N) is 4. The van der Waals surface area contributed by atoms with Crippen LogP contribution in [-0.2, 0) is 4.79 Å². The number of carbonyl (C=O) groups excluding carboxylic acids is 1. The summed E-state index contributed by atoms with van der Waals surface area (Å²) >= 11 is 0. The number of benzene rings is 2. The third-order valence-corrected chi connectivity index (χ3v) is 4.71. The second-order valence-corrected chi connectivity index (χ2v) is 6.75. The van der Waals surface area contributed by atoms with Crippen LogP contribution in [0.5, 0.6) is 0 Å². The molecule has 8 nitrogen and oxygen atoms in total. The van der Waals surface area contributed by atoms with Crippen LogP contribution in [0.3, 0.4) is 0 Å². The van der Waals surface area contributed by atoms with Gasteiger partial charge in [-0.25, -0.2) is 9.97 Å². The van der Waals surface area contributed by atoms with Crippen LogP contribution in [0.15, 0.2) is 54.6 Å². The van der Waals surface area contributed by atoms with E-state index in [2.05, 4.69) is 15.2 Å². The third kappa shape index (κ3) is 4.21. The minimum absolute atomic E-state index is 0.0238. The van der Waals surface area contributed by atoms with Crippen molar-refractivity contribution in [2.45, 2.75) is 12.8 Å². The zero-order valence-electron chi connectivity index (χ0n) is 15.6. The maximum Gasteiger partial charge on any atom is 0.270 e. The van der Waals surface area contributed by atoms with Gasteiger partial charge in [0.05, 0.1) is 16.0 Å². The zero-order valence-corrected chi connectivity index (χ0v) is 15.6. The minimum atomic E-state index is -0.468. The molecule has 0 unspecified atom stereocenters. The Morgan fingerprint density at radius 3 is 2.52 bits per heavy atom. The van der Waals surface area contributed by atoms with E-state index >= 15 is 0 Å². The van der Waals surface area contributed by atoms with Gasteiger partial charge in [0.1, 0.15) is 0 Å². The van der Waals surface area contributed by atoms with E-state index in [1.54, 1.807) is 12.1 Å². The number of carbonyl (C=O) groups is 1. The van der Waals surface area contributed by atoms with Crippen molar-refractivity contribution in [1.82, 2.24) is 9.97 Å². The van der Waals surface area contributed by atoms with Crippen molar-refractivity contribution in [1.29, 1.82) is 0 Å². The Morgan fingerprint density at radius 2 is 1.79 bits per heavy atom. The molecule has 1 saturated heterocycles. The number of nitro benzene ring substituents is 1. The van der Waals surface area contributed by atoms with Crippen molar-refractivity contribution >= 4 is 40.3 Å². The Bertz CT molecular complexity index is 1110. The molecule has 0 spiro atoms. The maximum atomic E-state index is 12.5. The van der Waals surface area contributed by atoms with Crippen LogP contribution in [-0.4, -0.2) is 33.9 Å². The Kier molecular flexibility index (Phi) is 5.15. The minimum Gasteiger partial charge on any atom is -0.354 e. The highest BCUT2D eigenvalue weighted by atomic mass is 16.6. The van der Waals surface area contributed by atoms with E-state index in [9.17, 15) is 14.9 Å². The number of non-ortho nitro benzene ring substituents is 1. The number of para-hydroxylation sites is 2. The van der Waals surface area contributed by atoms with Crippen molar-refractivity contribution in [3.05, 3.63) is 70.3 Å². The van der Waals surface area contributed by atoms with Crippen LogP contribution in [0, 0.1) is 10.1 Å². The van der Waals surface area contributed by atoms with Gasteiger partial charge in [-0.15, -0.1) is 0 Å². The predicted molar refractivity (Wildman–Crippen MR) is 112 cm³/mol. The summed E-state index contributed by atoms with van der Waals surface area (Å²) in [6.07, 6.45) is 5.03. The van der Waals surface area contributed by atoms with E-state index in [1.165, 1.54) is 24.3 Å². The summed E-state index contributed by atoms with van der Waals surface area (Å²) in [4.78, 5) is 34.3. The molecule has 1 fully saturated rings. The molecule has 1 aliphatic heterocycles. The molecule has 0 bridgehead atoms. The molecular weight excluding hydrogens is 370 g/mol. The van der Waals surface area contributed by atoms with Gasteiger partial charge < -0.3 is 10.2 Å². The number of nitrogens with one attached hydrogen (secondary N) is 1.